The summed E-state index contributed by atoms with van der Waals surface area (Å²) in [7, 11) is 0. The first-order valence-corrected chi connectivity index (χ1v) is 9.01. The van der Waals surface area contributed by atoms with Crippen LogP contribution in [-0.2, 0) is 11.2 Å². The van der Waals surface area contributed by atoms with Crippen LogP contribution in [0, 0.1) is 0 Å². The van der Waals surface area contributed by atoms with Crippen molar-refractivity contribution >= 4 is 39.8 Å². The SMILES string of the molecule is O=C1Nc2sc(C(=O)NCCc3ccccn3)cc2C1=Cc1ccc[nH]1. The van der Waals surface area contributed by atoms with Crippen LogP contribution in [0.5, 0.6) is 0 Å². The largest absolute Gasteiger partial charge is 0.362 e. The van der Waals surface area contributed by atoms with Gasteiger partial charge in [-0.05, 0) is 36.4 Å². The van der Waals surface area contributed by atoms with E-state index in [0.717, 1.165) is 17.0 Å². The summed E-state index contributed by atoms with van der Waals surface area (Å²) in [6.45, 7) is 0.510. The van der Waals surface area contributed by atoms with Crippen LogP contribution in [0.4, 0.5) is 5.00 Å². The lowest BCUT2D eigenvalue weighted by molar-refractivity contribution is -0.110. The Bertz CT molecular complexity index is 974. The summed E-state index contributed by atoms with van der Waals surface area (Å²) in [6, 6.07) is 11.2. The highest BCUT2D eigenvalue weighted by Crippen LogP contribution is 2.39. The van der Waals surface area contributed by atoms with E-state index in [0.29, 0.717) is 28.4 Å². The molecule has 0 aliphatic carbocycles. The van der Waals surface area contributed by atoms with E-state index in [-0.39, 0.29) is 11.8 Å². The van der Waals surface area contributed by atoms with Crippen molar-refractivity contribution in [2.24, 2.45) is 0 Å². The van der Waals surface area contributed by atoms with Gasteiger partial charge in [0.2, 0.25) is 0 Å². The second-order valence-electron chi connectivity index (χ2n) is 5.82. The van der Waals surface area contributed by atoms with E-state index in [9.17, 15) is 9.59 Å². The van der Waals surface area contributed by atoms with Gasteiger partial charge in [0.05, 0.1) is 10.5 Å². The number of fused-ring (bicyclic) bond motifs is 1. The summed E-state index contributed by atoms with van der Waals surface area (Å²) in [6.07, 6.45) is 6.00. The third-order valence-electron chi connectivity index (χ3n) is 4.03. The predicted molar refractivity (Wildman–Crippen MR) is 102 cm³/mol. The summed E-state index contributed by atoms with van der Waals surface area (Å²) in [5, 5.41) is 6.44. The lowest BCUT2D eigenvalue weighted by atomic mass is 10.1. The summed E-state index contributed by atoms with van der Waals surface area (Å²) in [4.78, 5) is 32.4. The molecule has 2 amide bonds. The fourth-order valence-electron chi connectivity index (χ4n) is 2.76. The number of amides is 2. The van der Waals surface area contributed by atoms with Crippen molar-refractivity contribution in [1.82, 2.24) is 15.3 Å². The third kappa shape index (κ3) is 3.29. The Morgan fingerprint density at radius 2 is 2.19 bits per heavy atom. The maximum atomic E-state index is 12.4. The monoisotopic (exact) mass is 364 g/mol. The van der Waals surface area contributed by atoms with Gasteiger partial charge in [0, 0.05) is 42.3 Å². The van der Waals surface area contributed by atoms with Gasteiger partial charge in [0.1, 0.15) is 5.00 Å². The smallest absolute Gasteiger partial charge is 0.261 e. The molecule has 7 heteroatoms. The molecule has 6 nitrogen and oxygen atoms in total. The lowest BCUT2D eigenvalue weighted by Crippen LogP contribution is -2.25. The van der Waals surface area contributed by atoms with Crippen LogP contribution >= 0.6 is 11.3 Å². The van der Waals surface area contributed by atoms with Crippen LogP contribution in [0.3, 0.4) is 0 Å². The van der Waals surface area contributed by atoms with Crippen LogP contribution < -0.4 is 10.6 Å². The molecule has 4 heterocycles. The number of aromatic nitrogens is 2. The van der Waals surface area contributed by atoms with Gasteiger partial charge in [0.15, 0.2) is 0 Å². The Hall–Kier alpha value is -3.19. The van der Waals surface area contributed by atoms with Crippen molar-refractivity contribution in [1.29, 1.82) is 0 Å². The van der Waals surface area contributed by atoms with Gasteiger partial charge < -0.3 is 15.6 Å². The first-order valence-electron chi connectivity index (χ1n) is 8.19. The summed E-state index contributed by atoms with van der Waals surface area (Å²) < 4.78 is 0. The van der Waals surface area contributed by atoms with Gasteiger partial charge in [-0.25, -0.2) is 0 Å². The molecule has 1 aliphatic rings. The highest BCUT2D eigenvalue weighted by molar-refractivity contribution is 7.18. The van der Waals surface area contributed by atoms with E-state index in [4.69, 9.17) is 0 Å². The number of carbonyl (C=O) groups excluding carboxylic acids is 2. The Kier molecular flexibility index (Phi) is 4.37. The highest BCUT2D eigenvalue weighted by Gasteiger charge is 2.28. The quantitative estimate of drug-likeness (QED) is 0.608. The molecular weight excluding hydrogens is 348 g/mol. The molecule has 3 aromatic heterocycles. The number of hydrogen-bond donors (Lipinski definition) is 3. The van der Waals surface area contributed by atoms with Crippen LogP contribution in [0.15, 0.2) is 48.8 Å². The topological polar surface area (TPSA) is 86.9 Å². The number of nitrogens with zero attached hydrogens (tertiary/aromatic N) is 1. The molecule has 26 heavy (non-hydrogen) atoms. The molecule has 0 atom stereocenters. The number of anilines is 1. The van der Waals surface area contributed by atoms with E-state index >= 15 is 0 Å². The van der Waals surface area contributed by atoms with E-state index in [2.05, 4.69) is 20.6 Å². The minimum Gasteiger partial charge on any atom is -0.362 e. The third-order valence-corrected chi connectivity index (χ3v) is 5.08. The zero-order chi connectivity index (χ0) is 17.9. The van der Waals surface area contributed by atoms with Crippen LogP contribution in [0.2, 0.25) is 0 Å². The molecule has 0 spiro atoms. The fraction of sp³-hybridized carbons (Fsp3) is 0.105. The van der Waals surface area contributed by atoms with Crippen molar-refractivity contribution in [2.75, 3.05) is 11.9 Å². The number of aromatic amines is 1. The Morgan fingerprint density at radius 1 is 1.27 bits per heavy atom. The van der Waals surface area contributed by atoms with E-state index in [1.165, 1.54) is 11.3 Å². The number of rotatable bonds is 5. The first kappa shape index (κ1) is 16.3. The van der Waals surface area contributed by atoms with Crippen molar-refractivity contribution in [3.05, 3.63) is 70.6 Å². The predicted octanol–water partition coefficient (Wildman–Crippen LogP) is 2.94. The van der Waals surface area contributed by atoms with E-state index < -0.39 is 0 Å². The van der Waals surface area contributed by atoms with Crippen molar-refractivity contribution in [3.63, 3.8) is 0 Å². The van der Waals surface area contributed by atoms with Crippen molar-refractivity contribution in [3.8, 4) is 0 Å². The van der Waals surface area contributed by atoms with Gasteiger partial charge in [-0.15, -0.1) is 11.3 Å². The minimum absolute atomic E-state index is 0.145. The fourth-order valence-corrected chi connectivity index (χ4v) is 3.74. The maximum absolute atomic E-state index is 12.4. The molecule has 0 saturated carbocycles. The molecule has 3 aromatic rings. The molecule has 0 fully saturated rings. The average molecular weight is 364 g/mol. The van der Waals surface area contributed by atoms with Gasteiger partial charge in [-0.2, -0.15) is 0 Å². The maximum Gasteiger partial charge on any atom is 0.261 e. The number of hydrogen-bond acceptors (Lipinski definition) is 4. The number of H-pyrrole nitrogens is 1. The highest BCUT2D eigenvalue weighted by atomic mass is 32.1. The van der Waals surface area contributed by atoms with Gasteiger partial charge in [-0.3, -0.25) is 14.6 Å². The number of carbonyl (C=O) groups is 2. The molecule has 3 N–H and O–H groups in total. The molecule has 0 saturated heterocycles. The molecule has 0 aromatic carbocycles. The Morgan fingerprint density at radius 3 is 2.96 bits per heavy atom. The lowest BCUT2D eigenvalue weighted by Gasteiger charge is -2.03. The van der Waals surface area contributed by atoms with Crippen LogP contribution in [-0.4, -0.2) is 28.3 Å². The normalized spacial score (nSPS) is 14.3. The first-order chi connectivity index (χ1) is 12.7. The molecule has 0 radical (unpaired) electrons. The van der Waals surface area contributed by atoms with Crippen LogP contribution in [0.1, 0.15) is 26.6 Å². The summed E-state index contributed by atoms with van der Waals surface area (Å²) in [5.74, 6) is -0.295. The number of thiophene rings is 1. The molecule has 130 valence electrons. The van der Waals surface area contributed by atoms with Crippen molar-refractivity contribution < 1.29 is 9.59 Å². The minimum atomic E-state index is -0.150. The molecule has 0 bridgehead atoms. The molecule has 4 rings (SSSR count). The molecule has 0 unspecified atom stereocenters. The summed E-state index contributed by atoms with van der Waals surface area (Å²) in [5.41, 5.74) is 3.11. The van der Waals surface area contributed by atoms with Gasteiger partial charge in [-0.1, -0.05) is 6.07 Å². The van der Waals surface area contributed by atoms with Gasteiger partial charge >= 0.3 is 0 Å². The zero-order valence-electron chi connectivity index (χ0n) is 13.8. The second kappa shape index (κ2) is 6.97. The number of nitrogens with one attached hydrogen (secondary N) is 3. The van der Waals surface area contributed by atoms with E-state index in [1.807, 2.05) is 30.3 Å². The Balaban J connectivity index is 1.46. The second-order valence-corrected chi connectivity index (χ2v) is 6.87. The molecule has 1 aliphatic heterocycles. The average Bonchev–Trinajstić information content (AvgIpc) is 3.35. The molecular formula is C19H16N4O2S. The summed E-state index contributed by atoms with van der Waals surface area (Å²) >= 11 is 1.29. The zero-order valence-corrected chi connectivity index (χ0v) is 14.6. The van der Waals surface area contributed by atoms with Crippen molar-refractivity contribution in [2.45, 2.75) is 6.42 Å². The van der Waals surface area contributed by atoms with Gasteiger partial charge in [0.25, 0.3) is 11.8 Å². The van der Waals surface area contributed by atoms with Crippen LogP contribution in [0.25, 0.3) is 11.6 Å². The number of pyridine rings is 1. The van der Waals surface area contributed by atoms with E-state index in [1.54, 1.807) is 24.5 Å². The standard InChI is InChI=1S/C19H16N4O2S/c24-17-14(10-13-5-3-8-21-13)15-11-16(26-19(15)23-17)18(25)22-9-6-12-4-1-2-7-20-12/h1-5,7-8,10-11,21H,6,9H2,(H,22,25)(H,23,24). The Labute approximate surface area is 154 Å².